The van der Waals surface area contributed by atoms with Crippen LogP contribution >= 0.6 is 0 Å². The molecule has 0 radical (unpaired) electrons. The Hall–Kier alpha value is -3.06. The minimum absolute atomic E-state index is 0.1000. The molecule has 0 spiro atoms. The van der Waals surface area contributed by atoms with Crippen molar-refractivity contribution < 1.29 is 28.5 Å². The van der Waals surface area contributed by atoms with E-state index in [1.165, 1.54) is 0 Å². The summed E-state index contributed by atoms with van der Waals surface area (Å²) in [4.78, 5) is 26.5. The lowest BCUT2D eigenvalue weighted by molar-refractivity contribution is -0.137. The van der Waals surface area contributed by atoms with Crippen molar-refractivity contribution in [2.75, 3.05) is 39.5 Å². The van der Waals surface area contributed by atoms with Crippen molar-refractivity contribution in [2.45, 2.75) is 20.5 Å². The molecule has 1 amide bonds. The zero-order chi connectivity index (χ0) is 21.3. The maximum Gasteiger partial charge on any atom is 0.338 e. The number of rotatable bonds is 8. The van der Waals surface area contributed by atoms with Gasteiger partial charge in [0, 0.05) is 13.1 Å². The third-order valence-electron chi connectivity index (χ3n) is 4.65. The first-order valence-corrected chi connectivity index (χ1v) is 10.0. The van der Waals surface area contributed by atoms with Gasteiger partial charge in [-0.1, -0.05) is 29.8 Å². The number of carbonyl (C=O) groups excluding carboxylic acids is 2. The number of amides is 1. The molecule has 30 heavy (non-hydrogen) atoms. The standard InChI is InChI=1S/C23H27NO6/c1-3-28-21-14-19(23(26)30-15-18-6-4-5-17(2)13-18)7-8-20(21)29-16-22(25)24-9-11-27-12-10-24/h4-8,13-14H,3,9-12,15-16H2,1-2H3. The number of benzene rings is 2. The van der Waals surface area contributed by atoms with E-state index in [1.807, 2.05) is 38.1 Å². The summed E-state index contributed by atoms with van der Waals surface area (Å²) in [6.07, 6.45) is 0. The number of hydrogen-bond acceptors (Lipinski definition) is 6. The molecule has 0 aliphatic carbocycles. The van der Waals surface area contributed by atoms with E-state index >= 15 is 0 Å². The van der Waals surface area contributed by atoms with Crippen molar-refractivity contribution in [3.63, 3.8) is 0 Å². The summed E-state index contributed by atoms with van der Waals surface area (Å²) < 4.78 is 21.9. The van der Waals surface area contributed by atoms with Crippen molar-refractivity contribution >= 4 is 11.9 Å². The Morgan fingerprint density at radius 2 is 1.83 bits per heavy atom. The highest BCUT2D eigenvalue weighted by atomic mass is 16.5. The highest BCUT2D eigenvalue weighted by molar-refractivity contribution is 5.90. The Kier molecular flexibility index (Phi) is 7.68. The van der Waals surface area contributed by atoms with Crippen LogP contribution in [0.5, 0.6) is 11.5 Å². The van der Waals surface area contributed by atoms with Crippen LogP contribution in [0.1, 0.15) is 28.4 Å². The summed E-state index contributed by atoms with van der Waals surface area (Å²) in [5.74, 6) is 0.252. The lowest BCUT2D eigenvalue weighted by Gasteiger charge is -2.26. The summed E-state index contributed by atoms with van der Waals surface area (Å²) in [6, 6.07) is 12.6. The molecule has 1 heterocycles. The van der Waals surface area contributed by atoms with E-state index in [4.69, 9.17) is 18.9 Å². The fourth-order valence-corrected chi connectivity index (χ4v) is 3.10. The smallest absolute Gasteiger partial charge is 0.338 e. The average molecular weight is 413 g/mol. The van der Waals surface area contributed by atoms with E-state index in [2.05, 4.69) is 0 Å². The second-order valence-electron chi connectivity index (χ2n) is 6.94. The number of ether oxygens (including phenoxy) is 4. The number of esters is 1. The average Bonchev–Trinajstić information content (AvgIpc) is 2.77. The van der Waals surface area contributed by atoms with Gasteiger partial charge in [0.25, 0.3) is 5.91 Å². The van der Waals surface area contributed by atoms with Gasteiger partial charge in [-0.05, 0) is 37.6 Å². The summed E-state index contributed by atoms with van der Waals surface area (Å²) in [6.45, 7) is 6.51. The van der Waals surface area contributed by atoms with Crippen LogP contribution in [0.15, 0.2) is 42.5 Å². The molecule has 1 fully saturated rings. The molecule has 2 aromatic rings. The lowest BCUT2D eigenvalue weighted by Crippen LogP contribution is -2.43. The van der Waals surface area contributed by atoms with Crippen LogP contribution in [0.3, 0.4) is 0 Å². The molecule has 0 atom stereocenters. The second-order valence-corrected chi connectivity index (χ2v) is 6.94. The SMILES string of the molecule is CCOc1cc(C(=O)OCc2cccc(C)c2)ccc1OCC(=O)N1CCOCC1. The fourth-order valence-electron chi connectivity index (χ4n) is 3.10. The second kappa shape index (κ2) is 10.6. The van der Waals surface area contributed by atoms with E-state index in [1.54, 1.807) is 23.1 Å². The Balaban J connectivity index is 1.61. The zero-order valence-electron chi connectivity index (χ0n) is 17.4. The van der Waals surface area contributed by atoms with Crippen molar-refractivity contribution in [1.82, 2.24) is 4.90 Å². The zero-order valence-corrected chi connectivity index (χ0v) is 17.4. The predicted octanol–water partition coefficient (Wildman–Crippen LogP) is 2.99. The molecule has 1 aliphatic heterocycles. The Morgan fingerprint density at radius 1 is 1.03 bits per heavy atom. The maximum atomic E-state index is 12.5. The van der Waals surface area contributed by atoms with Crippen molar-refractivity contribution in [2.24, 2.45) is 0 Å². The third kappa shape index (κ3) is 5.97. The van der Waals surface area contributed by atoms with E-state index in [9.17, 15) is 9.59 Å². The Labute approximate surface area is 176 Å². The molecule has 0 bridgehead atoms. The molecule has 2 aromatic carbocycles. The molecule has 7 heteroatoms. The molecule has 0 aromatic heterocycles. The van der Waals surface area contributed by atoms with E-state index in [0.29, 0.717) is 50.0 Å². The third-order valence-corrected chi connectivity index (χ3v) is 4.65. The highest BCUT2D eigenvalue weighted by Gasteiger charge is 2.19. The van der Waals surface area contributed by atoms with Crippen molar-refractivity contribution in [1.29, 1.82) is 0 Å². The number of nitrogens with zero attached hydrogens (tertiary/aromatic N) is 1. The molecule has 0 N–H and O–H groups in total. The molecule has 7 nitrogen and oxygen atoms in total. The largest absolute Gasteiger partial charge is 0.490 e. The van der Waals surface area contributed by atoms with E-state index in [-0.39, 0.29) is 19.1 Å². The first kappa shape index (κ1) is 21.6. The molecule has 3 rings (SSSR count). The highest BCUT2D eigenvalue weighted by Crippen LogP contribution is 2.29. The summed E-state index contributed by atoms with van der Waals surface area (Å²) >= 11 is 0. The number of carbonyl (C=O) groups is 2. The van der Waals surface area contributed by atoms with Gasteiger partial charge in [0.1, 0.15) is 6.61 Å². The molecule has 0 unspecified atom stereocenters. The van der Waals surface area contributed by atoms with Crippen LogP contribution in [0, 0.1) is 6.92 Å². The molecule has 160 valence electrons. The van der Waals surface area contributed by atoms with Gasteiger partial charge >= 0.3 is 5.97 Å². The minimum Gasteiger partial charge on any atom is -0.490 e. The lowest BCUT2D eigenvalue weighted by atomic mass is 10.1. The van der Waals surface area contributed by atoms with Crippen LogP contribution < -0.4 is 9.47 Å². The van der Waals surface area contributed by atoms with Crippen LogP contribution in [0.4, 0.5) is 0 Å². The maximum absolute atomic E-state index is 12.5. The minimum atomic E-state index is -0.451. The molecule has 1 saturated heterocycles. The van der Waals surface area contributed by atoms with Gasteiger partial charge in [-0.3, -0.25) is 4.79 Å². The molecule has 0 saturated carbocycles. The van der Waals surface area contributed by atoms with Gasteiger partial charge in [0.05, 0.1) is 25.4 Å². The fraction of sp³-hybridized carbons (Fsp3) is 0.391. The Bertz CT molecular complexity index is 876. The summed E-state index contributed by atoms with van der Waals surface area (Å²) in [5.41, 5.74) is 2.39. The monoisotopic (exact) mass is 413 g/mol. The van der Waals surface area contributed by atoms with Gasteiger partial charge in [-0.2, -0.15) is 0 Å². The van der Waals surface area contributed by atoms with Crippen LogP contribution in [-0.4, -0.2) is 56.3 Å². The van der Waals surface area contributed by atoms with Crippen LogP contribution in [0.2, 0.25) is 0 Å². The quantitative estimate of drug-likeness (QED) is 0.620. The summed E-state index contributed by atoms with van der Waals surface area (Å²) in [5, 5.41) is 0. The van der Waals surface area contributed by atoms with Crippen LogP contribution in [0.25, 0.3) is 0 Å². The van der Waals surface area contributed by atoms with Gasteiger partial charge < -0.3 is 23.8 Å². The molecular formula is C23H27NO6. The normalized spacial score (nSPS) is 13.6. The Morgan fingerprint density at radius 3 is 2.57 bits per heavy atom. The topological polar surface area (TPSA) is 74.3 Å². The van der Waals surface area contributed by atoms with Crippen molar-refractivity contribution in [3.8, 4) is 11.5 Å². The van der Waals surface area contributed by atoms with Gasteiger partial charge in [0.2, 0.25) is 0 Å². The molecule has 1 aliphatic rings. The van der Waals surface area contributed by atoms with Gasteiger partial charge in [-0.15, -0.1) is 0 Å². The number of morpholine rings is 1. The van der Waals surface area contributed by atoms with Crippen molar-refractivity contribution in [3.05, 3.63) is 59.2 Å². The predicted molar refractivity (Wildman–Crippen MR) is 111 cm³/mol. The summed E-state index contributed by atoms with van der Waals surface area (Å²) in [7, 11) is 0. The van der Waals surface area contributed by atoms with E-state index < -0.39 is 5.97 Å². The van der Waals surface area contributed by atoms with E-state index in [0.717, 1.165) is 11.1 Å². The van der Waals surface area contributed by atoms with Gasteiger partial charge in [-0.25, -0.2) is 4.79 Å². The first-order valence-electron chi connectivity index (χ1n) is 10.0. The molecular weight excluding hydrogens is 386 g/mol. The van der Waals surface area contributed by atoms with Gasteiger partial charge in [0.15, 0.2) is 18.1 Å². The number of hydrogen-bond donors (Lipinski definition) is 0. The number of aryl methyl sites for hydroxylation is 1. The van der Waals surface area contributed by atoms with Crippen LogP contribution in [-0.2, 0) is 20.9 Å². The first-order chi connectivity index (χ1) is 14.6.